The number of aromatic nitrogens is 2. The van der Waals surface area contributed by atoms with Crippen molar-refractivity contribution in [2.45, 2.75) is 32.9 Å². The van der Waals surface area contributed by atoms with Gasteiger partial charge in [-0.05, 0) is 31.0 Å². The first-order valence-electron chi connectivity index (χ1n) is 9.43. The highest BCUT2D eigenvalue weighted by molar-refractivity contribution is 7.26. The van der Waals surface area contributed by atoms with Crippen LogP contribution in [0.5, 0.6) is 0 Å². The third-order valence-corrected chi connectivity index (χ3v) is 6.65. The summed E-state index contributed by atoms with van der Waals surface area (Å²) in [6.45, 7) is 4.05. The number of thiophene rings is 1. The molecule has 0 radical (unpaired) electrons. The van der Waals surface area contributed by atoms with E-state index in [0.717, 1.165) is 26.0 Å². The Balaban J connectivity index is 1.72. The van der Waals surface area contributed by atoms with Crippen LogP contribution in [-0.2, 0) is 11.3 Å². The average molecular weight is 426 g/mol. The first-order chi connectivity index (χ1) is 14.0. The molecule has 29 heavy (non-hydrogen) atoms. The molecule has 0 bridgehead atoms. The highest BCUT2D eigenvalue weighted by Crippen LogP contribution is 2.33. The summed E-state index contributed by atoms with van der Waals surface area (Å²) in [5, 5.41) is 9.52. The van der Waals surface area contributed by atoms with Crippen LogP contribution in [0, 0.1) is 6.92 Å². The van der Waals surface area contributed by atoms with E-state index in [4.69, 9.17) is 11.6 Å². The molecule has 1 atom stereocenters. The molecule has 7 heteroatoms. The number of nitrogens with one attached hydrogen (secondary N) is 1. The minimum Gasteiger partial charge on any atom is -0.350 e. The van der Waals surface area contributed by atoms with Gasteiger partial charge in [0.1, 0.15) is 6.04 Å². The summed E-state index contributed by atoms with van der Waals surface area (Å²) in [7, 11) is 0. The van der Waals surface area contributed by atoms with Crippen LogP contribution in [0.15, 0.2) is 53.3 Å². The second-order valence-electron chi connectivity index (χ2n) is 6.87. The maximum absolute atomic E-state index is 13.3. The van der Waals surface area contributed by atoms with E-state index in [2.05, 4.69) is 10.4 Å². The summed E-state index contributed by atoms with van der Waals surface area (Å²) in [5.74, 6) is -0.250. The number of hydrogen-bond acceptors (Lipinski definition) is 4. The summed E-state index contributed by atoms with van der Waals surface area (Å²) >= 11 is 7.73. The molecule has 1 N–H and O–H groups in total. The van der Waals surface area contributed by atoms with Gasteiger partial charge in [-0.2, -0.15) is 5.10 Å². The van der Waals surface area contributed by atoms with Gasteiger partial charge in [-0.15, -0.1) is 11.3 Å². The Bertz CT molecular complexity index is 1280. The smallest absolute Gasteiger partial charge is 0.276 e. The van der Waals surface area contributed by atoms with Crippen LogP contribution < -0.4 is 10.9 Å². The molecule has 0 aliphatic rings. The van der Waals surface area contributed by atoms with Crippen LogP contribution in [0.1, 0.15) is 30.6 Å². The fourth-order valence-electron chi connectivity index (χ4n) is 3.50. The maximum Gasteiger partial charge on any atom is 0.276 e. The van der Waals surface area contributed by atoms with Crippen molar-refractivity contribution in [3.63, 3.8) is 0 Å². The summed E-state index contributed by atoms with van der Waals surface area (Å²) in [4.78, 5) is 26.2. The van der Waals surface area contributed by atoms with Crippen LogP contribution in [0.3, 0.4) is 0 Å². The molecule has 0 saturated heterocycles. The highest BCUT2D eigenvalue weighted by atomic mass is 35.5. The van der Waals surface area contributed by atoms with Crippen molar-refractivity contribution in [1.29, 1.82) is 0 Å². The average Bonchev–Trinajstić information content (AvgIpc) is 3.12. The number of benzene rings is 2. The topological polar surface area (TPSA) is 64.0 Å². The summed E-state index contributed by atoms with van der Waals surface area (Å²) < 4.78 is 3.25. The lowest BCUT2D eigenvalue weighted by molar-refractivity contribution is -0.125. The molecule has 2 aromatic heterocycles. The SMILES string of the molecule is CC[C@@H](C(=O)NCc1ccccc1Cl)n1nc(C)c2sc3ccccc3c2c1=O. The number of halogens is 1. The van der Waals surface area contributed by atoms with Gasteiger partial charge < -0.3 is 5.32 Å². The molecule has 2 heterocycles. The number of hydrogen-bond donors (Lipinski definition) is 1. The molecule has 5 nitrogen and oxygen atoms in total. The van der Waals surface area contributed by atoms with Crippen molar-refractivity contribution >= 4 is 49.0 Å². The summed E-state index contributed by atoms with van der Waals surface area (Å²) in [6.07, 6.45) is 0.453. The molecule has 0 fully saturated rings. The minimum atomic E-state index is -0.688. The van der Waals surface area contributed by atoms with E-state index in [1.807, 2.05) is 56.3 Å². The number of amides is 1. The molecule has 0 spiro atoms. The third kappa shape index (κ3) is 3.54. The van der Waals surface area contributed by atoms with Gasteiger partial charge in [0, 0.05) is 21.7 Å². The van der Waals surface area contributed by atoms with Crippen LogP contribution in [0.25, 0.3) is 20.2 Å². The summed E-state index contributed by atoms with van der Waals surface area (Å²) in [6, 6.07) is 14.5. The predicted octanol–water partition coefficient (Wildman–Crippen LogP) is 4.84. The fraction of sp³-hybridized carbons (Fsp3) is 0.227. The normalized spacial score (nSPS) is 12.4. The molecule has 0 aliphatic carbocycles. The standard InChI is InChI=1S/C22H20ClN3O2S/c1-3-17(21(27)24-12-14-8-4-6-10-16(14)23)26-22(28)19-15-9-5-7-11-18(15)29-20(19)13(2)25-26/h4-11,17H,3,12H2,1-2H3,(H,24,27)/t17-/m0/s1. The highest BCUT2D eigenvalue weighted by Gasteiger charge is 2.24. The lowest BCUT2D eigenvalue weighted by atomic mass is 10.1. The van der Waals surface area contributed by atoms with Gasteiger partial charge >= 0.3 is 0 Å². The van der Waals surface area contributed by atoms with Gasteiger partial charge in [-0.3, -0.25) is 9.59 Å². The number of rotatable bonds is 5. The van der Waals surface area contributed by atoms with Crippen LogP contribution in [0.2, 0.25) is 5.02 Å². The molecule has 0 aliphatic heterocycles. The van der Waals surface area contributed by atoms with Crippen molar-refractivity contribution in [2.24, 2.45) is 0 Å². The molecular formula is C22H20ClN3O2S. The second kappa shape index (κ2) is 7.97. The van der Waals surface area contributed by atoms with Crippen molar-refractivity contribution in [3.05, 3.63) is 75.2 Å². The Labute approximate surface area is 176 Å². The lowest BCUT2D eigenvalue weighted by Gasteiger charge is -2.18. The van der Waals surface area contributed by atoms with E-state index in [0.29, 0.717) is 23.4 Å². The predicted molar refractivity (Wildman–Crippen MR) is 119 cm³/mol. The minimum absolute atomic E-state index is 0.234. The third-order valence-electron chi connectivity index (χ3n) is 5.00. The van der Waals surface area contributed by atoms with E-state index in [1.165, 1.54) is 4.68 Å². The molecule has 0 saturated carbocycles. The van der Waals surface area contributed by atoms with Gasteiger partial charge in [0.05, 0.1) is 15.8 Å². The van der Waals surface area contributed by atoms with Crippen molar-refractivity contribution in [1.82, 2.24) is 15.1 Å². The van der Waals surface area contributed by atoms with E-state index in [-0.39, 0.29) is 11.5 Å². The quantitative estimate of drug-likeness (QED) is 0.497. The molecule has 148 valence electrons. The Morgan fingerprint density at radius 3 is 2.69 bits per heavy atom. The number of carbonyl (C=O) groups excluding carboxylic acids is 1. The Morgan fingerprint density at radius 2 is 1.93 bits per heavy atom. The van der Waals surface area contributed by atoms with Crippen LogP contribution in [0.4, 0.5) is 0 Å². The van der Waals surface area contributed by atoms with Gasteiger partial charge in [0.2, 0.25) is 5.91 Å². The zero-order valence-corrected chi connectivity index (χ0v) is 17.7. The van der Waals surface area contributed by atoms with Crippen LogP contribution >= 0.6 is 22.9 Å². The number of fused-ring (bicyclic) bond motifs is 3. The fourth-order valence-corrected chi connectivity index (χ4v) is 4.84. The number of aryl methyl sites for hydroxylation is 1. The van der Waals surface area contributed by atoms with Gasteiger partial charge in [-0.25, -0.2) is 4.68 Å². The maximum atomic E-state index is 13.3. The van der Waals surface area contributed by atoms with Crippen molar-refractivity contribution in [3.8, 4) is 0 Å². The van der Waals surface area contributed by atoms with Crippen LogP contribution in [-0.4, -0.2) is 15.7 Å². The first-order valence-corrected chi connectivity index (χ1v) is 10.6. The Morgan fingerprint density at radius 1 is 1.21 bits per heavy atom. The van der Waals surface area contributed by atoms with Gasteiger partial charge in [-0.1, -0.05) is 54.9 Å². The van der Waals surface area contributed by atoms with Gasteiger partial charge in [0.15, 0.2) is 0 Å². The Kier molecular flexibility index (Phi) is 5.39. The van der Waals surface area contributed by atoms with E-state index >= 15 is 0 Å². The van der Waals surface area contributed by atoms with Gasteiger partial charge in [0.25, 0.3) is 5.56 Å². The molecule has 1 amide bonds. The molecule has 4 aromatic rings. The summed E-state index contributed by atoms with van der Waals surface area (Å²) in [5.41, 5.74) is 1.34. The largest absolute Gasteiger partial charge is 0.350 e. The number of carbonyl (C=O) groups is 1. The van der Waals surface area contributed by atoms with Crippen molar-refractivity contribution < 1.29 is 4.79 Å². The molecule has 4 rings (SSSR count). The number of nitrogens with zero attached hydrogens (tertiary/aromatic N) is 2. The zero-order chi connectivity index (χ0) is 20.5. The lowest BCUT2D eigenvalue weighted by Crippen LogP contribution is -2.38. The van der Waals surface area contributed by atoms with Crippen molar-refractivity contribution in [2.75, 3.05) is 0 Å². The van der Waals surface area contributed by atoms with E-state index < -0.39 is 6.04 Å². The monoisotopic (exact) mass is 425 g/mol. The van der Waals surface area contributed by atoms with E-state index in [1.54, 1.807) is 17.4 Å². The Hall–Kier alpha value is -2.70. The second-order valence-corrected chi connectivity index (χ2v) is 8.33. The zero-order valence-electron chi connectivity index (χ0n) is 16.1. The van der Waals surface area contributed by atoms with E-state index in [9.17, 15) is 9.59 Å². The molecule has 2 aromatic carbocycles. The molecule has 0 unspecified atom stereocenters. The first kappa shape index (κ1) is 19.6. The molecular weight excluding hydrogens is 406 g/mol.